The summed E-state index contributed by atoms with van der Waals surface area (Å²) < 4.78 is 68.4. The van der Waals surface area contributed by atoms with Crippen LogP contribution in [0, 0.1) is 0 Å². The number of phosphoric ester groups is 2. The van der Waals surface area contributed by atoms with Gasteiger partial charge in [0.25, 0.3) is 0 Å². The normalized spacial score (nSPS) is 13.9. The van der Waals surface area contributed by atoms with Crippen molar-refractivity contribution < 1.29 is 80.2 Å². The van der Waals surface area contributed by atoms with Crippen molar-refractivity contribution in [1.82, 2.24) is 0 Å². The molecule has 0 amide bonds. The Morgan fingerprint density at radius 1 is 0.261 bits per heavy atom. The van der Waals surface area contributed by atoms with Gasteiger partial charge < -0.3 is 33.8 Å². The van der Waals surface area contributed by atoms with Crippen LogP contribution in [0.5, 0.6) is 0 Å². The highest BCUT2D eigenvalue weighted by atomic mass is 31.2. The van der Waals surface area contributed by atoms with Crippen LogP contribution in [-0.2, 0) is 65.4 Å². The van der Waals surface area contributed by atoms with Crippen molar-refractivity contribution in [2.45, 2.75) is 406 Å². The highest BCUT2D eigenvalue weighted by Gasteiger charge is 2.30. The number of carbonyl (C=O) groups excluding carboxylic acids is 4. The zero-order chi connectivity index (χ0) is 67.5. The summed E-state index contributed by atoms with van der Waals surface area (Å²) in [5.41, 5.74) is 0. The number of aliphatic hydroxyl groups is 1. The second-order valence-corrected chi connectivity index (χ2v) is 29.2. The van der Waals surface area contributed by atoms with Crippen molar-refractivity contribution in [1.29, 1.82) is 0 Å². The summed E-state index contributed by atoms with van der Waals surface area (Å²) in [6.45, 7) is 4.98. The molecule has 92 heavy (non-hydrogen) atoms. The zero-order valence-electron chi connectivity index (χ0n) is 59.5. The first kappa shape index (κ1) is 90.1. The molecule has 0 aliphatic rings. The Bertz CT molecular complexity index is 1630. The Kier molecular flexibility index (Phi) is 66.2. The molecule has 0 aromatic carbocycles. The Balaban J connectivity index is 5.25. The monoisotopic (exact) mass is 1350 g/mol. The smallest absolute Gasteiger partial charge is 0.462 e. The average Bonchev–Trinajstić information content (AvgIpc) is 3.63. The molecule has 4 atom stereocenters. The van der Waals surface area contributed by atoms with Crippen LogP contribution in [0.3, 0.4) is 0 Å². The fraction of sp³-hybridized carbons (Fsp3) is 0.945. The summed E-state index contributed by atoms with van der Waals surface area (Å²) in [4.78, 5) is 72.7. The number of carbonyl (C=O) groups is 4. The van der Waals surface area contributed by atoms with Crippen molar-refractivity contribution in [3.05, 3.63) is 0 Å². The molecule has 0 aliphatic carbocycles. The fourth-order valence-electron chi connectivity index (χ4n) is 11.2. The van der Waals surface area contributed by atoms with Gasteiger partial charge in [0.15, 0.2) is 12.2 Å². The number of phosphoric acid groups is 2. The molecule has 546 valence electrons. The molecule has 0 bridgehead atoms. The standard InChI is InChI=1S/C73H142O17P2/c1-5-9-13-17-21-25-29-33-37-41-45-49-53-57-70(75)83-63-68(89-72(77)59-55-51-47-43-39-35-31-27-23-19-15-11-7-3)65-87-91(79,80)85-61-67(74)62-86-92(81,82)88-66-69(90-73(78)60-56-52-48-44-40-36-32-28-24-20-16-12-8-4)64-84-71(76)58-54-50-46-42-38-34-30-26-22-18-14-10-6-2/h67-69,74H,5-66H2,1-4H3,(H,79,80)(H,81,82)/t68-,69-/m0/s1. The molecule has 2 unspecified atom stereocenters. The molecule has 0 spiro atoms. The molecule has 0 fully saturated rings. The third-order valence-corrected chi connectivity index (χ3v) is 19.0. The minimum atomic E-state index is -4.95. The van der Waals surface area contributed by atoms with Crippen LogP contribution in [0.2, 0.25) is 0 Å². The summed E-state index contributed by atoms with van der Waals surface area (Å²) in [7, 11) is -9.90. The van der Waals surface area contributed by atoms with Crippen LogP contribution >= 0.6 is 15.6 Å². The van der Waals surface area contributed by atoms with E-state index in [4.69, 9.17) is 37.0 Å². The zero-order valence-corrected chi connectivity index (χ0v) is 61.3. The van der Waals surface area contributed by atoms with Crippen LogP contribution in [0.4, 0.5) is 0 Å². The van der Waals surface area contributed by atoms with E-state index < -0.39 is 97.5 Å². The lowest BCUT2D eigenvalue weighted by Crippen LogP contribution is -2.30. The van der Waals surface area contributed by atoms with Crippen molar-refractivity contribution >= 4 is 39.5 Å². The van der Waals surface area contributed by atoms with Crippen molar-refractivity contribution in [3.63, 3.8) is 0 Å². The maximum Gasteiger partial charge on any atom is 0.472 e. The van der Waals surface area contributed by atoms with E-state index in [2.05, 4.69) is 27.7 Å². The summed E-state index contributed by atoms with van der Waals surface area (Å²) in [6.07, 6.45) is 56.6. The van der Waals surface area contributed by atoms with Gasteiger partial charge in [0.2, 0.25) is 0 Å². The van der Waals surface area contributed by atoms with Crippen molar-refractivity contribution in [2.75, 3.05) is 39.6 Å². The van der Waals surface area contributed by atoms with E-state index in [0.717, 1.165) is 89.9 Å². The third kappa shape index (κ3) is 66.7. The number of unbranched alkanes of at least 4 members (excludes halogenated alkanes) is 48. The highest BCUT2D eigenvalue weighted by Crippen LogP contribution is 2.45. The number of aliphatic hydroxyl groups excluding tert-OH is 1. The molecular formula is C73H142O17P2. The van der Waals surface area contributed by atoms with Gasteiger partial charge in [0.1, 0.15) is 19.3 Å². The first-order valence-electron chi connectivity index (χ1n) is 38.3. The second kappa shape index (κ2) is 67.6. The molecule has 0 rings (SSSR count). The van der Waals surface area contributed by atoms with E-state index in [0.29, 0.717) is 25.7 Å². The summed E-state index contributed by atoms with van der Waals surface area (Å²) in [5, 5.41) is 10.6. The van der Waals surface area contributed by atoms with Gasteiger partial charge in [-0.2, -0.15) is 0 Å². The van der Waals surface area contributed by atoms with E-state index in [9.17, 15) is 43.2 Å². The average molecular weight is 1350 g/mol. The summed E-state index contributed by atoms with van der Waals surface area (Å²) in [6, 6.07) is 0. The molecule has 0 aliphatic heterocycles. The predicted octanol–water partition coefficient (Wildman–Crippen LogP) is 21.4. The lowest BCUT2D eigenvalue weighted by Gasteiger charge is -2.21. The van der Waals surface area contributed by atoms with E-state index in [-0.39, 0.29) is 25.7 Å². The van der Waals surface area contributed by atoms with E-state index in [1.165, 1.54) is 218 Å². The summed E-state index contributed by atoms with van der Waals surface area (Å²) >= 11 is 0. The molecule has 0 saturated heterocycles. The van der Waals surface area contributed by atoms with Gasteiger partial charge in [-0.05, 0) is 25.7 Å². The summed E-state index contributed by atoms with van der Waals surface area (Å²) in [5.74, 6) is -2.11. The van der Waals surface area contributed by atoms with Gasteiger partial charge >= 0.3 is 39.5 Å². The Morgan fingerprint density at radius 3 is 0.641 bits per heavy atom. The maximum atomic E-state index is 13.0. The fourth-order valence-corrected chi connectivity index (χ4v) is 12.8. The van der Waals surface area contributed by atoms with Gasteiger partial charge in [-0.15, -0.1) is 0 Å². The van der Waals surface area contributed by atoms with Crippen LogP contribution in [0.15, 0.2) is 0 Å². The minimum Gasteiger partial charge on any atom is -0.462 e. The van der Waals surface area contributed by atoms with Gasteiger partial charge in [0, 0.05) is 25.7 Å². The predicted molar refractivity (Wildman–Crippen MR) is 372 cm³/mol. The third-order valence-electron chi connectivity index (χ3n) is 17.1. The Hall–Kier alpha value is -1.94. The molecule has 0 radical (unpaired) electrons. The quantitative estimate of drug-likeness (QED) is 0.0222. The molecule has 0 aromatic rings. The first-order chi connectivity index (χ1) is 44.7. The van der Waals surface area contributed by atoms with Crippen molar-refractivity contribution in [3.8, 4) is 0 Å². The highest BCUT2D eigenvalue weighted by molar-refractivity contribution is 7.47. The lowest BCUT2D eigenvalue weighted by molar-refractivity contribution is -0.161. The van der Waals surface area contributed by atoms with Gasteiger partial charge in [-0.25, -0.2) is 9.13 Å². The Labute approximate surface area is 562 Å². The van der Waals surface area contributed by atoms with Crippen LogP contribution in [-0.4, -0.2) is 96.7 Å². The van der Waals surface area contributed by atoms with E-state index in [1.54, 1.807) is 0 Å². The minimum absolute atomic E-state index is 0.109. The molecular weight excluding hydrogens is 1210 g/mol. The largest absolute Gasteiger partial charge is 0.472 e. The number of ether oxygens (including phenoxy) is 4. The first-order valence-corrected chi connectivity index (χ1v) is 41.3. The molecule has 19 heteroatoms. The molecule has 0 aromatic heterocycles. The number of hydrogen-bond acceptors (Lipinski definition) is 15. The topological polar surface area (TPSA) is 237 Å². The van der Waals surface area contributed by atoms with Gasteiger partial charge in [0.05, 0.1) is 26.4 Å². The molecule has 0 heterocycles. The molecule has 3 N–H and O–H groups in total. The van der Waals surface area contributed by atoms with Gasteiger partial charge in [-0.1, -0.05) is 336 Å². The maximum absolute atomic E-state index is 13.0. The molecule has 17 nitrogen and oxygen atoms in total. The van der Waals surface area contributed by atoms with E-state index in [1.807, 2.05) is 0 Å². The lowest BCUT2D eigenvalue weighted by atomic mass is 10.0. The van der Waals surface area contributed by atoms with Crippen LogP contribution in [0.25, 0.3) is 0 Å². The van der Waals surface area contributed by atoms with E-state index >= 15 is 0 Å². The van der Waals surface area contributed by atoms with Crippen molar-refractivity contribution in [2.24, 2.45) is 0 Å². The number of hydrogen-bond donors (Lipinski definition) is 3. The number of rotatable bonds is 74. The molecule has 0 saturated carbocycles. The number of esters is 4. The van der Waals surface area contributed by atoms with Crippen LogP contribution < -0.4 is 0 Å². The van der Waals surface area contributed by atoms with Gasteiger partial charge in [-0.3, -0.25) is 37.3 Å². The second-order valence-electron chi connectivity index (χ2n) is 26.3. The van der Waals surface area contributed by atoms with Crippen LogP contribution in [0.1, 0.15) is 387 Å². The Morgan fingerprint density at radius 2 is 0.435 bits per heavy atom. The SMILES string of the molecule is CCCCCCCCCCCCCCCC(=O)OC[C@@H](COP(=O)(O)OCC(O)COP(=O)(O)OC[C@H](COC(=O)CCCCCCCCCCCCCCC)OC(=O)CCCCCCCCCCCCCCC)OC(=O)CCCCCCCCCCCCCCC.